The number of benzene rings is 1. The molecule has 1 fully saturated rings. The van der Waals surface area contributed by atoms with Gasteiger partial charge >= 0.3 is 0 Å². The summed E-state index contributed by atoms with van der Waals surface area (Å²) in [4.78, 5) is 1.52. The van der Waals surface area contributed by atoms with Crippen molar-refractivity contribution in [3.63, 3.8) is 0 Å². The van der Waals surface area contributed by atoms with Crippen LogP contribution in [0, 0.1) is 6.92 Å². The molecule has 3 heteroatoms. The molecule has 1 heterocycles. The molecule has 1 aromatic rings. The van der Waals surface area contributed by atoms with E-state index in [0.717, 1.165) is 12.3 Å². The molecule has 2 rings (SSSR count). The second-order valence-electron chi connectivity index (χ2n) is 6.68. The summed E-state index contributed by atoms with van der Waals surface area (Å²) in [6.45, 7) is 10.0. The Hall–Kier alpha value is -1.06. The fourth-order valence-electron chi connectivity index (χ4n) is 3.08. The highest BCUT2D eigenvalue weighted by atomic mass is 16.5. The number of aliphatic hydroxyl groups excluding tert-OH is 1. The van der Waals surface area contributed by atoms with Crippen LogP contribution in [0.15, 0.2) is 18.2 Å². The van der Waals surface area contributed by atoms with Crippen LogP contribution in [0.2, 0.25) is 0 Å². The molecule has 0 bridgehead atoms. The smallest absolute Gasteiger partial charge is 0.137 e. The van der Waals surface area contributed by atoms with Crippen LogP contribution in [-0.2, 0) is 0 Å². The van der Waals surface area contributed by atoms with Gasteiger partial charge in [-0.15, -0.1) is 0 Å². The van der Waals surface area contributed by atoms with Gasteiger partial charge in [0.25, 0.3) is 0 Å². The van der Waals surface area contributed by atoms with Crippen molar-refractivity contribution in [1.29, 1.82) is 0 Å². The number of rotatable bonds is 6. The average Bonchev–Trinajstić information content (AvgIpc) is 2.46. The van der Waals surface area contributed by atoms with Crippen LogP contribution < -0.4 is 9.64 Å². The van der Waals surface area contributed by atoms with E-state index in [1.165, 1.54) is 48.4 Å². The summed E-state index contributed by atoms with van der Waals surface area (Å²) in [5, 5.41) is 10.2. The third-order valence-electron chi connectivity index (χ3n) is 4.31. The maximum Gasteiger partial charge on any atom is 0.137 e. The molecule has 0 aliphatic carbocycles. The lowest BCUT2D eigenvalue weighted by molar-refractivity contribution is -0.908. The van der Waals surface area contributed by atoms with Gasteiger partial charge in [-0.1, -0.05) is 26.0 Å². The van der Waals surface area contributed by atoms with Crippen LogP contribution >= 0.6 is 0 Å². The Bertz CT molecular complexity index is 439. The first-order valence-electron chi connectivity index (χ1n) is 8.31. The standard InChI is InChI=1S/C18H29NO2/c1-14(2)17-8-7-15(3)11-18(17)21-13-16(20)12-19-9-5-4-6-10-19/h7-8,11,14,16,20H,4-6,9-10,12-13H2,1-3H3/p+1/t16-/m1/s1. The van der Waals surface area contributed by atoms with Crippen molar-refractivity contribution in [2.75, 3.05) is 26.2 Å². The van der Waals surface area contributed by atoms with Crippen LogP contribution in [-0.4, -0.2) is 37.5 Å². The maximum absolute atomic E-state index is 10.2. The summed E-state index contributed by atoms with van der Waals surface area (Å²) in [7, 11) is 0. The van der Waals surface area contributed by atoms with E-state index in [1.807, 2.05) is 0 Å². The summed E-state index contributed by atoms with van der Waals surface area (Å²) in [6, 6.07) is 6.34. The topological polar surface area (TPSA) is 33.9 Å². The van der Waals surface area contributed by atoms with Crippen molar-refractivity contribution in [2.24, 2.45) is 0 Å². The van der Waals surface area contributed by atoms with Gasteiger partial charge in [0.1, 0.15) is 25.0 Å². The Labute approximate surface area is 128 Å². The Morgan fingerprint density at radius 1 is 1.19 bits per heavy atom. The first-order chi connectivity index (χ1) is 10.1. The summed E-state index contributed by atoms with van der Waals surface area (Å²) in [6.07, 6.45) is 3.55. The number of quaternary nitrogens is 1. The Morgan fingerprint density at radius 3 is 2.57 bits per heavy atom. The molecule has 3 nitrogen and oxygen atoms in total. The molecule has 0 radical (unpaired) electrons. The zero-order chi connectivity index (χ0) is 15.2. The zero-order valence-electron chi connectivity index (χ0n) is 13.7. The highest BCUT2D eigenvalue weighted by molar-refractivity contribution is 5.39. The fourth-order valence-corrected chi connectivity index (χ4v) is 3.08. The molecule has 118 valence electrons. The van der Waals surface area contributed by atoms with Gasteiger partial charge in [0.2, 0.25) is 0 Å². The summed E-state index contributed by atoms with van der Waals surface area (Å²) in [5.74, 6) is 1.36. The maximum atomic E-state index is 10.2. The predicted octanol–water partition coefficient (Wildman–Crippen LogP) is 1.93. The van der Waals surface area contributed by atoms with Crippen LogP contribution in [0.5, 0.6) is 5.75 Å². The molecular formula is C18H30NO2+. The molecule has 2 N–H and O–H groups in total. The molecular weight excluding hydrogens is 262 g/mol. The first kappa shape index (κ1) is 16.3. The number of nitrogens with one attached hydrogen (secondary N) is 1. The van der Waals surface area contributed by atoms with Gasteiger partial charge < -0.3 is 14.7 Å². The minimum absolute atomic E-state index is 0.376. The second kappa shape index (κ2) is 7.81. The fraction of sp³-hybridized carbons (Fsp3) is 0.667. The van der Waals surface area contributed by atoms with Gasteiger partial charge in [0, 0.05) is 0 Å². The molecule has 1 atom stereocenters. The molecule has 0 spiro atoms. The lowest BCUT2D eigenvalue weighted by Gasteiger charge is -2.26. The van der Waals surface area contributed by atoms with Crippen LogP contribution in [0.3, 0.4) is 0 Å². The normalized spacial score (nSPS) is 18.0. The van der Waals surface area contributed by atoms with Crippen LogP contribution in [0.25, 0.3) is 0 Å². The number of aliphatic hydroxyl groups is 1. The Morgan fingerprint density at radius 2 is 1.90 bits per heavy atom. The summed E-state index contributed by atoms with van der Waals surface area (Å²) in [5.41, 5.74) is 2.42. The molecule has 0 saturated carbocycles. The molecule has 21 heavy (non-hydrogen) atoms. The molecule has 1 aliphatic rings. The highest BCUT2D eigenvalue weighted by Gasteiger charge is 2.19. The third-order valence-corrected chi connectivity index (χ3v) is 4.31. The summed E-state index contributed by atoms with van der Waals surface area (Å²) >= 11 is 0. The Kier molecular flexibility index (Phi) is 6.07. The van der Waals surface area contributed by atoms with Crippen molar-refractivity contribution < 1.29 is 14.7 Å². The Balaban J connectivity index is 1.88. The molecule has 0 amide bonds. The number of hydrogen-bond acceptors (Lipinski definition) is 2. The summed E-state index contributed by atoms with van der Waals surface area (Å²) < 4.78 is 5.92. The number of likely N-dealkylation sites (tertiary alicyclic amines) is 1. The van der Waals surface area contributed by atoms with E-state index in [1.54, 1.807) is 0 Å². The zero-order valence-corrected chi connectivity index (χ0v) is 13.7. The van der Waals surface area contributed by atoms with Crippen molar-refractivity contribution in [3.05, 3.63) is 29.3 Å². The first-order valence-corrected chi connectivity index (χ1v) is 8.31. The molecule has 1 aromatic carbocycles. The largest absolute Gasteiger partial charge is 0.490 e. The van der Waals surface area contributed by atoms with Crippen LogP contribution in [0.1, 0.15) is 50.2 Å². The van der Waals surface area contributed by atoms with E-state index in [4.69, 9.17) is 4.74 Å². The SMILES string of the molecule is Cc1ccc(C(C)C)c(OC[C@H](O)C[NH+]2CCCCC2)c1. The van der Waals surface area contributed by atoms with Gasteiger partial charge in [-0.2, -0.15) is 0 Å². The number of ether oxygens (including phenoxy) is 1. The van der Waals surface area contributed by atoms with Gasteiger partial charge in [0.15, 0.2) is 0 Å². The van der Waals surface area contributed by atoms with Crippen molar-refractivity contribution in [3.8, 4) is 5.75 Å². The molecule has 1 saturated heterocycles. The molecule has 0 aromatic heterocycles. The van der Waals surface area contributed by atoms with Gasteiger partial charge in [-0.25, -0.2) is 0 Å². The third kappa shape index (κ3) is 5.01. The molecule has 1 aliphatic heterocycles. The predicted molar refractivity (Wildman–Crippen MR) is 86.2 cm³/mol. The monoisotopic (exact) mass is 292 g/mol. The number of aryl methyl sites for hydroxylation is 1. The van der Waals surface area contributed by atoms with Gasteiger partial charge in [0.05, 0.1) is 13.1 Å². The van der Waals surface area contributed by atoms with E-state index >= 15 is 0 Å². The van der Waals surface area contributed by atoms with E-state index in [0.29, 0.717) is 12.5 Å². The lowest BCUT2D eigenvalue weighted by Crippen LogP contribution is -3.14. The minimum Gasteiger partial charge on any atom is -0.490 e. The second-order valence-corrected chi connectivity index (χ2v) is 6.68. The van der Waals surface area contributed by atoms with Crippen molar-refractivity contribution in [1.82, 2.24) is 0 Å². The van der Waals surface area contributed by atoms with E-state index in [-0.39, 0.29) is 6.10 Å². The number of piperidine rings is 1. The minimum atomic E-state index is -0.376. The van der Waals surface area contributed by atoms with Crippen molar-refractivity contribution in [2.45, 2.75) is 52.1 Å². The van der Waals surface area contributed by atoms with E-state index in [2.05, 4.69) is 39.0 Å². The molecule has 0 unspecified atom stereocenters. The lowest BCUT2D eigenvalue weighted by atomic mass is 10.0. The van der Waals surface area contributed by atoms with Gasteiger partial charge in [-0.3, -0.25) is 0 Å². The average molecular weight is 292 g/mol. The quantitative estimate of drug-likeness (QED) is 0.840. The van der Waals surface area contributed by atoms with Crippen molar-refractivity contribution >= 4 is 0 Å². The highest BCUT2D eigenvalue weighted by Crippen LogP contribution is 2.27. The van der Waals surface area contributed by atoms with E-state index in [9.17, 15) is 5.11 Å². The number of hydrogen-bond donors (Lipinski definition) is 2. The van der Waals surface area contributed by atoms with Gasteiger partial charge in [-0.05, 0) is 49.3 Å². The van der Waals surface area contributed by atoms with Crippen LogP contribution in [0.4, 0.5) is 0 Å². The van der Waals surface area contributed by atoms with E-state index < -0.39 is 0 Å².